The van der Waals surface area contributed by atoms with Crippen molar-refractivity contribution < 1.29 is 31.1 Å². The molecule has 0 amide bonds. The van der Waals surface area contributed by atoms with E-state index < -0.39 is 29.2 Å². The van der Waals surface area contributed by atoms with Crippen LogP contribution in [0, 0.1) is 0 Å². The molecule has 1 heterocycles. The summed E-state index contributed by atoms with van der Waals surface area (Å²) in [5.41, 5.74) is -1.78. The van der Waals surface area contributed by atoms with Crippen molar-refractivity contribution in [1.29, 1.82) is 0 Å². The number of hydrogen-bond donors (Lipinski definition) is 1. The van der Waals surface area contributed by atoms with Gasteiger partial charge >= 0.3 is 12.4 Å². The molecule has 0 fully saturated rings. The third-order valence-electron chi connectivity index (χ3n) is 4.86. The van der Waals surface area contributed by atoms with Gasteiger partial charge in [0.15, 0.2) is 5.82 Å². The molecule has 0 unspecified atom stereocenters. The molecule has 0 spiro atoms. The lowest BCUT2D eigenvalue weighted by Gasteiger charge is -2.16. The molecule has 168 valence electrons. The number of carbonyl (C=O) groups is 1. The second kappa shape index (κ2) is 8.19. The van der Waals surface area contributed by atoms with E-state index in [4.69, 9.17) is 0 Å². The predicted octanol–water partition coefficient (Wildman–Crippen LogP) is 6.89. The van der Waals surface area contributed by atoms with Gasteiger partial charge in [0.05, 0.1) is 11.1 Å². The van der Waals surface area contributed by atoms with Gasteiger partial charge in [-0.25, -0.2) is 0 Å². The first-order valence-corrected chi connectivity index (χ1v) is 9.44. The van der Waals surface area contributed by atoms with Crippen molar-refractivity contribution in [3.63, 3.8) is 0 Å². The molecule has 0 aliphatic rings. The minimum Gasteiger partial charge on any atom is -0.338 e. The Labute approximate surface area is 182 Å². The molecular weight excluding hydrogens is 448 g/mol. The molecule has 0 saturated heterocycles. The first kappa shape index (κ1) is 22.3. The van der Waals surface area contributed by atoms with E-state index in [0.717, 1.165) is 0 Å². The van der Waals surface area contributed by atoms with Crippen molar-refractivity contribution in [2.75, 3.05) is 5.32 Å². The summed E-state index contributed by atoms with van der Waals surface area (Å²) in [5, 5.41) is 11.7. The Hall–Kier alpha value is -3.95. The number of fused-ring (bicyclic) bond motifs is 1. The largest absolute Gasteiger partial charge is 0.416 e. The van der Waals surface area contributed by atoms with Crippen LogP contribution in [0.3, 0.4) is 0 Å². The standard InChI is InChI=1S/C23H13F6N3O/c24-22(25,26)15-9-16(23(27,28)29)11-17(10-15)30-21-19-4-2-1-3-18(19)20(31-32-21)14-7-5-13(12-33)6-8-14/h1-12H,(H,30,32). The first-order chi connectivity index (χ1) is 15.6. The van der Waals surface area contributed by atoms with E-state index in [-0.39, 0.29) is 11.9 Å². The van der Waals surface area contributed by atoms with Crippen LogP contribution in [0.25, 0.3) is 22.0 Å². The Bertz CT molecular complexity index is 1300. The van der Waals surface area contributed by atoms with Gasteiger partial charge in [0.2, 0.25) is 0 Å². The number of aldehydes is 1. The lowest BCUT2D eigenvalue weighted by atomic mass is 10.0. The summed E-state index contributed by atoms with van der Waals surface area (Å²) in [7, 11) is 0. The molecule has 4 aromatic rings. The summed E-state index contributed by atoms with van der Waals surface area (Å²) in [6, 6.07) is 14.4. The normalized spacial score (nSPS) is 12.1. The smallest absolute Gasteiger partial charge is 0.338 e. The van der Waals surface area contributed by atoms with Crippen LogP contribution < -0.4 is 5.32 Å². The maximum Gasteiger partial charge on any atom is 0.416 e. The molecule has 0 saturated carbocycles. The van der Waals surface area contributed by atoms with Crippen molar-refractivity contribution in [2.24, 2.45) is 0 Å². The fourth-order valence-electron chi connectivity index (χ4n) is 3.29. The van der Waals surface area contributed by atoms with Crippen molar-refractivity contribution >= 4 is 28.6 Å². The topological polar surface area (TPSA) is 54.9 Å². The fraction of sp³-hybridized carbons (Fsp3) is 0.0870. The van der Waals surface area contributed by atoms with Crippen molar-refractivity contribution in [3.8, 4) is 11.3 Å². The minimum atomic E-state index is -4.97. The van der Waals surface area contributed by atoms with E-state index in [1.54, 1.807) is 48.5 Å². The summed E-state index contributed by atoms with van der Waals surface area (Å²) in [5.74, 6) is -0.00805. The number of alkyl halides is 6. The quantitative estimate of drug-likeness (QED) is 0.266. The molecule has 0 aliphatic heterocycles. The summed E-state index contributed by atoms with van der Waals surface area (Å²) >= 11 is 0. The molecule has 1 N–H and O–H groups in total. The molecule has 3 aromatic carbocycles. The molecule has 0 bridgehead atoms. The van der Waals surface area contributed by atoms with Crippen LogP contribution in [0.1, 0.15) is 21.5 Å². The molecule has 10 heteroatoms. The molecular formula is C23H13F6N3O. The van der Waals surface area contributed by atoms with Gasteiger partial charge in [0, 0.05) is 27.6 Å². The van der Waals surface area contributed by atoms with Crippen LogP contribution in [-0.2, 0) is 12.4 Å². The Morgan fingerprint density at radius 1 is 0.727 bits per heavy atom. The highest BCUT2D eigenvalue weighted by molar-refractivity contribution is 6.01. The SMILES string of the molecule is O=Cc1ccc(-c2nnc(Nc3cc(C(F)(F)F)cc(C(F)(F)F)c3)c3ccccc23)cc1. The van der Waals surface area contributed by atoms with Gasteiger partial charge in [-0.05, 0) is 18.2 Å². The second-order valence-electron chi connectivity index (χ2n) is 7.10. The van der Waals surface area contributed by atoms with Gasteiger partial charge in [0.1, 0.15) is 12.0 Å². The van der Waals surface area contributed by atoms with Crippen LogP contribution in [0.4, 0.5) is 37.8 Å². The Balaban J connectivity index is 1.81. The highest BCUT2D eigenvalue weighted by atomic mass is 19.4. The summed E-state index contributed by atoms with van der Waals surface area (Å²) in [4.78, 5) is 10.9. The molecule has 4 rings (SSSR count). The number of anilines is 2. The third-order valence-corrected chi connectivity index (χ3v) is 4.86. The number of nitrogens with zero attached hydrogens (tertiary/aromatic N) is 2. The fourth-order valence-corrected chi connectivity index (χ4v) is 3.29. The van der Waals surface area contributed by atoms with Crippen LogP contribution in [0.5, 0.6) is 0 Å². The van der Waals surface area contributed by atoms with E-state index >= 15 is 0 Å². The van der Waals surface area contributed by atoms with Crippen LogP contribution in [-0.4, -0.2) is 16.5 Å². The molecule has 4 nitrogen and oxygen atoms in total. The van der Waals surface area contributed by atoms with E-state index in [9.17, 15) is 31.1 Å². The van der Waals surface area contributed by atoms with Crippen molar-refractivity contribution in [2.45, 2.75) is 12.4 Å². The lowest BCUT2D eigenvalue weighted by Crippen LogP contribution is -2.12. The van der Waals surface area contributed by atoms with E-state index in [1.165, 1.54) is 0 Å². The Morgan fingerprint density at radius 2 is 1.30 bits per heavy atom. The number of rotatable bonds is 4. The average molecular weight is 461 g/mol. The first-order valence-electron chi connectivity index (χ1n) is 9.44. The van der Waals surface area contributed by atoms with Gasteiger partial charge in [-0.2, -0.15) is 26.3 Å². The summed E-state index contributed by atoms with van der Waals surface area (Å²) in [6.07, 6.45) is -9.25. The van der Waals surface area contributed by atoms with Crippen LogP contribution in [0.2, 0.25) is 0 Å². The van der Waals surface area contributed by atoms with Gasteiger partial charge in [0.25, 0.3) is 0 Å². The van der Waals surface area contributed by atoms with E-state index in [0.29, 0.717) is 46.0 Å². The van der Waals surface area contributed by atoms with Gasteiger partial charge < -0.3 is 5.32 Å². The number of nitrogens with one attached hydrogen (secondary N) is 1. The van der Waals surface area contributed by atoms with Crippen molar-refractivity contribution in [1.82, 2.24) is 10.2 Å². The zero-order valence-electron chi connectivity index (χ0n) is 16.5. The average Bonchev–Trinajstić information content (AvgIpc) is 2.78. The van der Waals surface area contributed by atoms with Crippen LogP contribution >= 0.6 is 0 Å². The number of aromatic nitrogens is 2. The number of halogens is 6. The zero-order valence-corrected chi connectivity index (χ0v) is 16.5. The molecule has 0 aliphatic carbocycles. The summed E-state index contributed by atoms with van der Waals surface area (Å²) < 4.78 is 79.1. The molecule has 33 heavy (non-hydrogen) atoms. The predicted molar refractivity (Wildman–Crippen MR) is 110 cm³/mol. The number of benzene rings is 3. The third kappa shape index (κ3) is 4.64. The Morgan fingerprint density at radius 3 is 1.85 bits per heavy atom. The van der Waals surface area contributed by atoms with Crippen molar-refractivity contribution in [3.05, 3.63) is 83.4 Å². The monoisotopic (exact) mass is 461 g/mol. The number of carbonyl (C=O) groups excluding carboxylic acids is 1. The molecule has 0 atom stereocenters. The van der Waals surface area contributed by atoms with E-state index in [1.807, 2.05) is 0 Å². The van der Waals surface area contributed by atoms with Gasteiger partial charge in [-0.1, -0.05) is 48.5 Å². The molecule has 0 radical (unpaired) electrons. The highest BCUT2D eigenvalue weighted by Gasteiger charge is 2.37. The van der Waals surface area contributed by atoms with Gasteiger partial charge in [-0.3, -0.25) is 4.79 Å². The highest BCUT2D eigenvalue weighted by Crippen LogP contribution is 2.39. The van der Waals surface area contributed by atoms with Crippen LogP contribution in [0.15, 0.2) is 66.7 Å². The lowest BCUT2D eigenvalue weighted by molar-refractivity contribution is -0.143. The van der Waals surface area contributed by atoms with E-state index in [2.05, 4.69) is 15.5 Å². The summed E-state index contributed by atoms with van der Waals surface area (Å²) in [6.45, 7) is 0. The number of hydrogen-bond acceptors (Lipinski definition) is 4. The zero-order chi connectivity index (χ0) is 23.8. The Kier molecular flexibility index (Phi) is 5.52. The maximum atomic E-state index is 13.2. The minimum absolute atomic E-state index is 0.00805. The molecule has 1 aromatic heterocycles. The second-order valence-corrected chi connectivity index (χ2v) is 7.10. The maximum absolute atomic E-state index is 13.2. The van der Waals surface area contributed by atoms with Gasteiger partial charge in [-0.15, -0.1) is 10.2 Å².